The number of aryl methyl sites for hydroxylation is 2. The van der Waals surface area contributed by atoms with Crippen LogP contribution >= 0.6 is 0 Å². The van der Waals surface area contributed by atoms with E-state index in [9.17, 15) is 4.79 Å². The van der Waals surface area contributed by atoms with E-state index in [2.05, 4.69) is 74.2 Å². The van der Waals surface area contributed by atoms with E-state index in [1.54, 1.807) is 5.01 Å². The second-order valence-corrected chi connectivity index (χ2v) is 8.60. The number of benzene rings is 2. The van der Waals surface area contributed by atoms with Crippen molar-refractivity contribution in [3.8, 4) is 0 Å². The SMILES string of the molecule is Cc1ccc([C@H]2CC(c3cccc(C)c3)=NN2C(=O)CN2CCCC[C@H]2C)cc1. The van der Waals surface area contributed by atoms with Gasteiger partial charge in [-0.25, -0.2) is 5.01 Å². The van der Waals surface area contributed by atoms with Crippen molar-refractivity contribution in [3.05, 3.63) is 70.8 Å². The number of amides is 1. The number of hydrazone groups is 1. The molecule has 0 radical (unpaired) electrons. The lowest BCUT2D eigenvalue weighted by Crippen LogP contribution is -2.44. The van der Waals surface area contributed by atoms with Gasteiger partial charge in [0, 0.05) is 12.5 Å². The summed E-state index contributed by atoms with van der Waals surface area (Å²) in [6.45, 7) is 7.87. The number of hydrogen-bond acceptors (Lipinski definition) is 3. The molecule has 1 fully saturated rings. The minimum Gasteiger partial charge on any atom is -0.292 e. The molecular weight excluding hydrogens is 358 g/mol. The van der Waals surface area contributed by atoms with E-state index in [0.717, 1.165) is 29.8 Å². The summed E-state index contributed by atoms with van der Waals surface area (Å²) in [6, 6.07) is 17.4. The number of nitrogens with zero attached hydrogens (tertiary/aromatic N) is 3. The Morgan fingerprint density at radius 3 is 2.59 bits per heavy atom. The van der Waals surface area contributed by atoms with Crippen molar-refractivity contribution in [3.63, 3.8) is 0 Å². The Morgan fingerprint density at radius 2 is 1.86 bits per heavy atom. The predicted molar refractivity (Wildman–Crippen MR) is 118 cm³/mol. The molecule has 29 heavy (non-hydrogen) atoms. The molecular formula is C25H31N3O. The Morgan fingerprint density at radius 1 is 1.07 bits per heavy atom. The largest absolute Gasteiger partial charge is 0.292 e. The molecule has 4 rings (SSSR count). The fourth-order valence-electron chi connectivity index (χ4n) is 4.43. The lowest BCUT2D eigenvalue weighted by Gasteiger charge is -2.34. The minimum absolute atomic E-state index is 0.0290. The van der Waals surface area contributed by atoms with E-state index in [0.29, 0.717) is 12.6 Å². The maximum atomic E-state index is 13.3. The Hall–Kier alpha value is -2.46. The van der Waals surface area contributed by atoms with Gasteiger partial charge < -0.3 is 0 Å². The normalized spacial score (nSPS) is 22.6. The number of carbonyl (C=O) groups is 1. The average Bonchev–Trinajstić information content (AvgIpc) is 3.16. The third kappa shape index (κ3) is 4.43. The number of rotatable bonds is 4. The summed E-state index contributed by atoms with van der Waals surface area (Å²) in [5.41, 5.74) is 5.71. The highest BCUT2D eigenvalue weighted by Gasteiger charge is 2.34. The van der Waals surface area contributed by atoms with Crippen molar-refractivity contribution in [1.82, 2.24) is 9.91 Å². The summed E-state index contributed by atoms with van der Waals surface area (Å²) in [7, 11) is 0. The van der Waals surface area contributed by atoms with Gasteiger partial charge in [-0.3, -0.25) is 9.69 Å². The predicted octanol–water partition coefficient (Wildman–Crippen LogP) is 4.86. The van der Waals surface area contributed by atoms with Gasteiger partial charge in [-0.2, -0.15) is 5.10 Å². The molecule has 2 aromatic carbocycles. The number of likely N-dealkylation sites (tertiary alicyclic amines) is 1. The highest BCUT2D eigenvalue weighted by atomic mass is 16.2. The van der Waals surface area contributed by atoms with Gasteiger partial charge >= 0.3 is 0 Å². The van der Waals surface area contributed by atoms with Gasteiger partial charge in [-0.1, -0.05) is 66.1 Å². The summed E-state index contributed by atoms with van der Waals surface area (Å²) in [5.74, 6) is 0.104. The van der Waals surface area contributed by atoms with E-state index >= 15 is 0 Å². The van der Waals surface area contributed by atoms with Crippen LogP contribution in [0.1, 0.15) is 60.9 Å². The molecule has 0 spiro atoms. The van der Waals surface area contributed by atoms with Gasteiger partial charge in [-0.15, -0.1) is 0 Å². The smallest absolute Gasteiger partial charge is 0.257 e. The zero-order chi connectivity index (χ0) is 20.4. The van der Waals surface area contributed by atoms with Gasteiger partial charge in [0.2, 0.25) is 0 Å². The van der Waals surface area contributed by atoms with Crippen LogP contribution in [0, 0.1) is 13.8 Å². The fraction of sp³-hybridized carbons (Fsp3) is 0.440. The molecule has 1 saturated heterocycles. The third-order valence-corrected chi connectivity index (χ3v) is 6.26. The van der Waals surface area contributed by atoms with Gasteiger partial charge in [0.25, 0.3) is 5.91 Å². The second-order valence-electron chi connectivity index (χ2n) is 8.60. The van der Waals surface area contributed by atoms with Crippen LogP contribution in [0.25, 0.3) is 0 Å². The highest BCUT2D eigenvalue weighted by molar-refractivity contribution is 6.03. The quantitative estimate of drug-likeness (QED) is 0.749. The van der Waals surface area contributed by atoms with E-state index in [1.165, 1.54) is 30.4 Å². The molecule has 0 N–H and O–H groups in total. The van der Waals surface area contributed by atoms with Gasteiger partial charge in [0.15, 0.2) is 0 Å². The van der Waals surface area contributed by atoms with Crippen molar-refractivity contribution in [1.29, 1.82) is 0 Å². The molecule has 0 saturated carbocycles. The maximum Gasteiger partial charge on any atom is 0.257 e. The fourth-order valence-corrected chi connectivity index (χ4v) is 4.43. The topological polar surface area (TPSA) is 35.9 Å². The molecule has 0 aliphatic carbocycles. The van der Waals surface area contributed by atoms with Crippen molar-refractivity contribution in [2.24, 2.45) is 5.10 Å². The molecule has 4 heteroatoms. The number of carbonyl (C=O) groups excluding carboxylic acids is 1. The Labute approximate surface area is 174 Å². The molecule has 2 aliphatic rings. The summed E-state index contributed by atoms with van der Waals surface area (Å²) < 4.78 is 0. The van der Waals surface area contributed by atoms with Crippen molar-refractivity contribution < 1.29 is 4.79 Å². The van der Waals surface area contributed by atoms with Crippen LogP contribution < -0.4 is 0 Å². The molecule has 0 bridgehead atoms. The van der Waals surface area contributed by atoms with Gasteiger partial charge in [-0.05, 0) is 51.3 Å². The molecule has 0 unspecified atom stereocenters. The first-order valence-corrected chi connectivity index (χ1v) is 10.8. The van der Waals surface area contributed by atoms with Crippen LogP contribution in [0.15, 0.2) is 53.6 Å². The van der Waals surface area contributed by atoms with Crippen molar-refractivity contribution >= 4 is 11.6 Å². The standard InChI is InChI=1S/C25H31N3O/c1-18-10-12-21(13-11-18)24-16-23(22-9-6-7-19(2)15-22)26-28(24)25(29)17-27-14-5-4-8-20(27)3/h6-7,9-13,15,20,24H,4-5,8,14,16-17H2,1-3H3/t20-,24-/m1/s1. The summed E-state index contributed by atoms with van der Waals surface area (Å²) in [5, 5.41) is 6.60. The monoisotopic (exact) mass is 389 g/mol. The van der Waals surface area contributed by atoms with Crippen molar-refractivity contribution in [2.45, 2.75) is 58.5 Å². The van der Waals surface area contributed by atoms with Gasteiger partial charge in [0.05, 0.1) is 18.3 Å². The first-order valence-electron chi connectivity index (χ1n) is 10.8. The first kappa shape index (κ1) is 19.8. The lowest BCUT2D eigenvalue weighted by atomic mass is 9.97. The zero-order valence-corrected chi connectivity index (χ0v) is 17.8. The zero-order valence-electron chi connectivity index (χ0n) is 17.8. The molecule has 2 aliphatic heterocycles. The molecule has 2 aromatic rings. The van der Waals surface area contributed by atoms with E-state index in [-0.39, 0.29) is 11.9 Å². The Bertz CT molecular complexity index is 903. The minimum atomic E-state index is -0.0290. The Kier molecular flexibility index (Phi) is 5.81. The average molecular weight is 390 g/mol. The first-order chi connectivity index (χ1) is 14.0. The third-order valence-electron chi connectivity index (χ3n) is 6.26. The molecule has 152 valence electrons. The molecule has 4 nitrogen and oxygen atoms in total. The van der Waals surface area contributed by atoms with Crippen LogP contribution in [-0.2, 0) is 4.79 Å². The van der Waals surface area contributed by atoms with E-state index in [4.69, 9.17) is 5.10 Å². The van der Waals surface area contributed by atoms with Crippen LogP contribution in [0.5, 0.6) is 0 Å². The number of hydrogen-bond donors (Lipinski definition) is 0. The van der Waals surface area contributed by atoms with Crippen LogP contribution in [0.2, 0.25) is 0 Å². The van der Waals surface area contributed by atoms with Crippen LogP contribution in [-0.4, -0.2) is 40.7 Å². The van der Waals surface area contributed by atoms with E-state index < -0.39 is 0 Å². The summed E-state index contributed by atoms with van der Waals surface area (Å²) in [4.78, 5) is 15.6. The second kappa shape index (κ2) is 8.50. The molecule has 0 aromatic heterocycles. The Balaban J connectivity index is 1.61. The molecule has 1 amide bonds. The molecule has 2 atom stereocenters. The highest BCUT2D eigenvalue weighted by Crippen LogP contribution is 2.33. The van der Waals surface area contributed by atoms with Gasteiger partial charge in [0.1, 0.15) is 0 Å². The summed E-state index contributed by atoms with van der Waals surface area (Å²) >= 11 is 0. The van der Waals surface area contributed by atoms with Crippen LogP contribution in [0.4, 0.5) is 0 Å². The van der Waals surface area contributed by atoms with E-state index in [1.807, 2.05) is 0 Å². The maximum absolute atomic E-state index is 13.3. The molecule has 2 heterocycles. The summed E-state index contributed by atoms with van der Waals surface area (Å²) in [6.07, 6.45) is 4.37. The van der Waals surface area contributed by atoms with Crippen LogP contribution in [0.3, 0.4) is 0 Å². The number of piperidine rings is 1. The van der Waals surface area contributed by atoms with Crippen molar-refractivity contribution in [2.75, 3.05) is 13.1 Å². The lowest BCUT2D eigenvalue weighted by molar-refractivity contribution is -0.135.